The summed E-state index contributed by atoms with van der Waals surface area (Å²) in [5.74, 6) is 0.729. The van der Waals surface area contributed by atoms with Crippen molar-refractivity contribution in [3.8, 4) is 0 Å². The fourth-order valence-electron chi connectivity index (χ4n) is 3.19. The highest BCUT2D eigenvalue weighted by atomic mass is 127. The number of aliphatic hydroxyl groups is 1. The van der Waals surface area contributed by atoms with Crippen LogP contribution in [0.2, 0.25) is 0 Å². The second-order valence-electron chi connectivity index (χ2n) is 8.73. The molecule has 0 saturated heterocycles. The molecular weight excluding hydrogens is 489 g/mol. The number of aromatic nitrogens is 2. The fraction of sp³-hybridized carbons (Fsp3) is 0.565. The standard InChI is InChI=1S/C23H37N5O.HI/c1-6-24-21(26-18-23(4,29)20-15-27-28(5)16-20)25-17-22(2,3)14-10-13-19-11-8-7-9-12-19;/h7-9,11-12,15-16,29H,6,10,13-14,17-18H2,1-5H3,(H2,24,25,26);1H. The summed E-state index contributed by atoms with van der Waals surface area (Å²) in [4.78, 5) is 4.78. The monoisotopic (exact) mass is 527 g/mol. The Labute approximate surface area is 198 Å². The first-order valence-corrected chi connectivity index (χ1v) is 10.5. The van der Waals surface area contributed by atoms with Crippen LogP contribution in [0.1, 0.15) is 51.7 Å². The zero-order chi connectivity index (χ0) is 21.3. The van der Waals surface area contributed by atoms with Crippen LogP contribution in [0.5, 0.6) is 0 Å². The van der Waals surface area contributed by atoms with E-state index in [4.69, 9.17) is 4.99 Å². The highest BCUT2D eigenvalue weighted by molar-refractivity contribution is 14.0. The minimum Gasteiger partial charge on any atom is -0.383 e. The number of aryl methyl sites for hydroxylation is 2. The van der Waals surface area contributed by atoms with Gasteiger partial charge in [0.05, 0.1) is 12.7 Å². The molecule has 168 valence electrons. The van der Waals surface area contributed by atoms with Gasteiger partial charge in [-0.3, -0.25) is 9.67 Å². The zero-order valence-corrected chi connectivity index (χ0v) is 21.3. The van der Waals surface area contributed by atoms with E-state index in [2.05, 4.69) is 59.9 Å². The number of guanidine groups is 1. The Morgan fingerprint density at radius 3 is 2.47 bits per heavy atom. The minimum absolute atomic E-state index is 0. The van der Waals surface area contributed by atoms with Crippen LogP contribution in [-0.4, -0.2) is 40.5 Å². The van der Waals surface area contributed by atoms with Crippen molar-refractivity contribution in [2.45, 2.75) is 52.6 Å². The number of rotatable bonds is 10. The largest absolute Gasteiger partial charge is 0.383 e. The van der Waals surface area contributed by atoms with Crippen molar-refractivity contribution in [3.63, 3.8) is 0 Å². The van der Waals surface area contributed by atoms with Gasteiger partial charge < -0.3 is 15.7 Å². The molecule has 1 aromatic carbocycles. The van der Waals surface area contributed by atoms with Gasteiger partial charge in [-0.2, -0.15) is 5.10 Å². The maximum atomic E-state index is 10.8. The van der Waals surface area contributed by atoms with Crippen molar-refractivity contribution in [2.75, 3.05) is 19.6 Å². The Morgan fingerprint density at radius 1 is 1.17 bits per heavy atom. The third kappa shape index (κ3) is 9.04. The molecular formula is C23H38IN5O. The van der Waals surface area contributed by atoms with Crippen LogP contribution in [0.25, 0.3) is 0 Å². The summed E-state index contributed by atoms with van der Waals surface area (Å²) in [5.41, 5.74) is 1.27. The van der Waals surface area contributed by atoms with E-state index in [1.807, 2.05) is 20.2 Å². The summed E-state index contributed by atoms with van der Waals surface area (Å²) < 4.78 is 1.70. The van der Waals surface area contributed by atoms with Crippen molar-refractivity contribution in [3.05, 3.63) is 53.9 Å². The van der Waals surface area contributed by atoms with Crippen LogP contribution >= 0.6 is 24.0 Å². The van der Waals surface area contributed by atoms with Gasteiger partial charge in [0.1, 0.15) is 5.60 Å². The molecule has 7 heteroatoms. The van der Waals surface area contributed by atoms with E-state index in [9.17, 15) is 5.11 Å². The lowest BCUT2D eigenvalue weighted by Gasteiger charge is -2.25. The molecule has 0 radical (unpaired) electrons. The van der Waals surface area contributed by atoms with Crippen LogP contribution in [0, 0.1) is 5.41 Å². The second-order valence-corrected chi connectivity index (χ2v) is 8.73. The number of aliphatic imine (C=N–C) groups is 1. The normalized spacial score (nSPS) is 14.0. The summed E-state index contributed by atoms with van der Waals surface area (Å²) in [5, 5.41) is 21.5. The molecule has 1 unspecified atom stereocenters. The first kappa shape index (κ1) is 26.4. The molecule has 1 aromatic heterocycles. The lowest BCUT2D eigenvalue weighted by molar-refractivity contribution is 0.0616. The van der Waals surface area contributed by atoms with Gasteiger partial charge in [-0.15, -0.1) is 24.0 Å². The molecule has 0 aliphatic carbocycles. The number of hydrogen-bond donors (Lipinski definition) is 3. The number of halogens is 1. The van der Waals surface area contributed by atoms with Gasteiger partial charge in [0, 0.05) is 31.9 Å². The summed E-state index contributed by atoms with van der Waals surface area (Å²) in [6, 6.07) is 10.6. The van der Waals surface area contributed by atoms with Gasteiger partial charge in [-0.25, -0.2) is 0 Å². The molecule has 0 fully saturated rings. The van der Waals surface area contributed by atoms with Crippen molar-refractivity contribution in [1.82, 2.24) is 20.4 Å². The van der Waals surface area contributed by atoms with E-state index >= 15 is 0 Å². The van der Waals surface area contributed by atoms with E-state index in [0.29, 0.717) is 6.54 Å². The fourth-order valence-corrected chi connectivity index (χ4v) is 3.19. The number of benzene rings is 1. The first-order chi connectivity index (χ1) is 13.7. The lowest BCUT2D eigenvalue weighted by atomic mass is 9.86. The van der Waals surface area contributed by atoms with E-state index in [0.717, 1.165) is 43.9 Å². The van der Waals surface area contributed by atoms with Crippen molar-refractivity contribution in [2.24, 2.45) is 17.5 Å². The molecule has 0 spiro atoms. The van der Waals surface area contributed by atoms with E-state index in [1.165, 1.54) is 5.56 Å². The topological polar surface area (TPSA) is 74.5 Å². The zero-order valence-electron chi connectivity index (χ0n) is 19.0. The third-order valence-corrected chi connectivity index (χ3v) is 5.10. The predicted octanol–water partition coefficient (Wildman–Crippen LogP) is 3.85. The molecule has 2 aromatic rings. The van der Waals surface area contributed by atoms with E-state index in [1.54, 1.807) is 17.8 Å². The predicted molar refractivity (Wildman–Crippen MR) is 135 cm³/mol. The van der Waals surface area contributed by atoms with Gasteiger partial charge in [0.25, 0.3) is 0 Å². The summed E-state index contributed by atoms with van der Waals surface area (Å²) >= 11 is 0. The highest BCUT2D eigenvalue weighted by Crippen LogP contribution is 2.24. The maximum absolute atomic E-state index is 10.8. The quantitative estimate of drug-likeness (QED) is 0.249. The van der Waals surface area contributed by atoms with Gasteiger partial charge in [0.2, 0.25) is 0 Å². The van der Waals surface area contributed by atoms with Crippen LogP contribution in [0.4, 0.5) is 0 Å². The average Bonchev–Trinajstić information content (AvgIpc) is 3.12. The SMILES string of the molecule is CCNC(=NCC(C)(C)CCCc1ccccc1)NCC(C)(O)c1cnn(C)c1.I. The molecule has 0 aliphatic rings. The molecule has 0 amide bonds. The lowest BCUT2D eigenvalue weighted by Crippen LogP contribution is -2.44. The van der Waals surface area contributed by atoms with Gasteiger partial charge in [0.15, 0.2) is 5.96 Å². The average molecular weight is 527 g/mol. The Bertz CT molecular complexity index is 771. The molecule has 0 bridgehead atoms. The van der Waals surface area contributed by atoms with Crippen LogP contribution < -0.4 is 10.6 Å². The molecule has 0 aliphatic heterocycles. The van der Waals surface area contributed by atoms with Crippen molar-refractivity contribution >= 4 is 29.9 Å². The van der Waals surface area contributed by atoms with Crippen molar-refractivity contribution < 1.29 is 5.11 Å². The van der Waals surface area contributed by atoms with E-state index in [-0.39, 0.29) is 29.4 Å². The first-order valence-electron chi connectivity index (χ1n) is 10.5. The Hall–Kier alpha value is -1.61. The summed E-state index contributed by atoms with van der Waals surface area (Å²) in [6.07, 6.45) is 6.88. The number of nitrogens with zero attached hydrogens (tertiary/aromatic N) is 3. The van der Waals surface area contributed by atoms with Gasteiger partial charge in [-0.05, 0) is 44.1 Å². The van der Waals surface area contributed by atoms with Gasteiger partial charge in [-0.1, -0.05) is 44.2 Å². The summed E-state index contributed by atoms with van der Waals surface area (Å²) in [6.45, 7) is 10.2. The Morgan fingerprint density at radius 2 is 1.87 bits per heavy atom. The number of nitrogens with one attached hydrogen (secondary N) is 2. The van der Waals surface area contributed by atoms with Crippen molar-refractivity contribution in [1.29, 1.82) is 0 Å². The third-order valence-electron chi connectivity index (χ3n) is 5.10. The molecule has 6 nitrogen and oxygen atoms in total. The molecule has 2 rings (SSSR count). The smallest absolute Gasteiger partial charge is 0.191 e. The molecule has 0 saturated carbocycles. The van der Waals surface area contributed by atoms with E-state index < -0.39 is 5.60 Å². The van der Waals surface area contributed by atoms with Crippen LogP contribution in [-0.2, 0) is 19.1 Å². The van der Waals surface area contributed by atoms with Crippen LogP contribution in [0.3, 0.4) is 0 Å². The maximum Gasteiger partial charge on any atom is 0.191 e. The van der Waals surface area contributed by atoms with Crippen LogP contribution in [0.15, 0.2) is 47.7 Å². The van der Waals surface area contributed by atoms with Gasteiger partial charge >= 0.3 is 0 Å². The summed E-state index contributed by atoms with van der Waals surface area (Å²) in [7, 11) is 1.85. The second kappa shape index (κ2) is 12.3. The molecule has 3 N–H and O–H groups in total. The minimum atomic E-state index is -1.02. The Kier molecular flexibility index (Phi) is 10.8. The molecule has 1 atom stereocenters. The molecule has 30 heavy (non-hydrogen) atoms. The number of hydrogen-bond acceptors (Lipinski definition) is 3. The highest BCUT2D eigenvalue weighted by Gasteiger charge is 2.25. The Balaban J connectivity index is 0.00000450. The molecule has 1 heterocycles.